The van der Waals surface area contributed by atoms with Crippen molar-refractivity contribution in [2.75, 3.05) is 0 Å². The topological polar surface area (TPSA) is 46.4 Å². The second-order valence-corrected chi connectivity index (χ2v) is 7.87. The number of carbonyl (C=O) groups excluding carboxylic acids is 1. The summed E-state index contributed by atoms with van der Waals surface area (Å²) in [6.45, 7) is 0.763. The molecule has 0 atom stereocenters. The van der Waals surface area contributed by atoms with E-state index in [0.29, 0.717) is 6.42 Å². The number of hydrogen-bond acceptors (Lipinski definition) is 2. The van der Waals surface area contributed by atoms with Gasteiger partial charge in [-0.3, -0.25) is 4.79 Å². The lowest BCUT2D eigenvalue weighted by molar-refractivity contribution is -0.120. The van der Waals surface area contributed by atoms with Gasteiger partial charge in [0.2, 0.25) is 5.91 Å². The third-order valence-electron chi connectivity index (χ3n) is 5.59. The molecule has 1 amide bonds. The number of rotatable bonds is 6. The number of para-hydroxylation sites is 1. The van der Waals surface area contributed by atoms with Crippen molar-refractivity contribution in [1.82, 2.24) is 9.99 Å². The lowest BCUT2D eigenvalue weighted by Gasteiger charge is -2.07. The summed E-state index contributed by atoms with van der Waals surface area (Å²) in [6.07, 6.45) is 4.12. The van der Waals surface area contributed by atoms with Crippen LogP contribution in [0.1, 0.15) is 16.7 Å². The molecule has 0 bridgehead atoms. The van der Waals surface area contributed by atoms with Gasteiger partial charge < -0.3 is 4.57 Å². The monoisotopic (exact) mass is 417 g/mol. The first-order valence-corrected chi connectivity index (χ1v) is 10.7. The molecule has 0 aliphatic carbocycles. The summed E-state index contributed by atoms with van der Waals surface area (Å²) in [5, 5.41) is 7.80. The number of hydrogen-bond donors (Lipinski definition) is 1. The lowest BCUT2D eigenvalue weighted by Crippen LogP contribution is -2.19. The Morgan fingerprint density at radius 2 is 1.56 bits per heavy atom. The average molecular weight is 418 g/mol. The molecule has 156 valence electrons. The summed E-state index contributed by atoms with van der Waals surface area (Å²) in [4.78, 5) is 12.2. The Bertz CT molecular complexity index is 1420. The first-order valence-electron chi connectivity index (χ1n) is 10.7. The van der Waals surface area contributed by atoms with Crippen LogP contribution in [0.5, 0.6) is 0 Å². The van der Waals surface area contributed by atoms with Crippen LogP contribution < -0.4 is 5.43 Å². The van der Waals surface area contributed by atoms with Crippen LogP contribution in [-0.2, 0) is 17.8 Å². The molecule has 1 heterocycles. The highest BCUT2D eigenvalue weighted by Crippen LogP contribution is 2.23. The highest BCUT2D eigenvalue weighted by atomic mass is 16.2. The molecule has 0 unspecified atom stereocenters. The Morgan fingerprint density at radius 1 is 0.812 bits per heavy atom. The van der Waals surface area contributed by atoms with Gasteiger partial charge >= 0.3 is 0 Å². The van der Waals surface area contributed by atoms with E-state index in [1.165, 1.54) is 16.3 Å². The van der Waals surface area contributed by atoms with Crippen LogP contribution in [0.2, 0.25) is 0 Å². The van der Waals surface area contributed by atoms with E-state index >= 15 is 0 Å². The highest BCUT2D eigenvalue weighted by molar-refractivity contribution is 5.99. The van der Waals surface area contributed by atoms with Gasteiger partial charge in [0, 0.05) is 29.2 Å². The Hall–Kier alpha value is -4.18. The molecule has 0 radical (unpaired) electrons. The van der Waals surface area contributed by atoms with Crippen molar-refractivity contribution >= 4 is 33.8 Å². The number of hydrazone groups is 1. The zero-order chi connectivity index (χ0) is 21.8. The molecular weight excluding hydrogens is 394 g/mol. The van der Waals surface area contributed by atoms with Gasteiger partial charge in [0.15, 0.2) is 0 Å². The molecule has 32 heavy (non-hydrogen) atoms. The molecular formula is C28H23N3O. The minimum atomic E-state index is -0.132. The molecule has 0 fully saturated rings. The van der Waals surface area contributed by atoms with Gasteiger partial charge in [0.05, 0.1) is 12.6 Å². The maximum Gasteiger partial charge on any atom is 0.244 e. The van der Waals surface area contributed by atoms with Crippen molar-refractivity contribution < 1.29 is 4.79 Å². The van der Waals surface area contributed by atoms with E-state index < -0.39 is 0 Å². The third kappa shape index (κ3) is 4.30. The lowest BCUT2D eigenvalue weighted by atomic mass is 10.1. The zero-order valence-corrected chi connectivity index (χ0v) is 17.6. The standard InChI is InChI=1S/C28H23N3O/c32-28(17-21-8-2-1-3-9-21)30-29-18-25-20-31(27-13-7-6-12-26(25)27)19-22-14-15-23-10-4-5-11-24(23)16-22/h1-16,18,20H,17,19H2,(H,30,32)/b29-18+. The van der Waals surface area contributed by atoms with Crippen LogP contribution in [0.3, 0.4) is 0 Å². The Balaban J connectivity index is 1.36. The van der Waals surface area contributed by atoms with E-state index in [1.807, 2.05) is 42.5 Å². The van der Waals surface area contributed by atoms with E-state index in [4.69, 9.17) is 0 Å². The van der Waals surface area contributed by atoms with Gasteiger partial charge in [-0.05, 0) is 34.0 Å². The number of amides is 1. The van der Waals surface area contributed by atoms with Crippen LogP contribution in [0.15, 0.2) is 108 Å². The molecule has 0 aliphatic heterocycles. The summed E-state index contributed by atoms with van der Waals surface area (Å²) in [5.41, 5.74) is 6.96. The number of benzene rings is 4. The Morgan fingerprint density at radius 3 is 2.44 bits per heavy atom. The molecule has 0 spiro atoms. The zero-order valence-electron chi connectivity index (χ0n) is 17.6. The van der Waals surface area contributed by atoms with Crippen LogP contribution in [0.25, 0.3) is 21.7 Å². The Labute approximate surface area is 186 Å². The summed E-state index contributed by atoms with van der Waals surface area (Å²) >= 11 is 0. The summed E-state index contributed by atoms with van der Waals surface area (Å²) in [6, 6.07) is 32.9. The van der Waals surface area contributed by atoms with E-state index in [0.717, 1.165) is 28.6 Å². The van der Waals surface area contributed by atoms with Crippen LogP contribution >= 0.6 is 0 Å². The number of aromatic nitrogens is 1. The molecule has 5 rings (SSSR count). The molecule has 4 heteroatoms. The smallest absolute Gasteiger partial charge is 0.244 e. The maximum absolute atomic E-state index is 12.2. The summed E-state index contributed by atoms with van der Waals surface area (Å²) in [7, 11) is 0. The van der Waals surface area contributed by atoms with E-state index in [9.17, 15) is 4.79 Å². The Kier molecular flexibility index (Phi) is 5.50. The average Bonchev–Trinajstić information content (AvgIpc) is 3.17. The first-order chi connectivity index (χ1) is 15.8. The van der Waals surface area contributed by atoms with Crippen molar-refractivity contribution in [3.8, 4) is 0 Å². The fourth-order valence-electron chi connectivity index (χ4n) is 4.04. The maximum atomic E-state index is 12.2. The second-order valence-electron chi connectivity index (χ2n) is 7.87. The van der Waals surface area contributed by atoms with Crippen LogP contribution in [0.4, 0.5) is 0 Å². The SMILES string of the molecule is O=C(Cc1ccccc1)N/N=C/c1cn(Cc2ccc3ccccc3c2)c2ccccc12. The fourth-order valence-corrected chi connectivity index (χ4v) is 4.04. The molecule has 5 aromatic rings. The number of fused-ring (bicyclic) bond motifs is 2. The largest absolute Gasteiger partial charge is 0.342 e. The van der Waals surface area contributed by atoms with Gasteiger partial charge in [-0.2, -0.15) is 5.10 Å². The molecule has 1 N–H and O–H groups in total. The van der Waals surface area contributed by atoms with Crippen molar-refractivity contribution in [3.63, 3.8) is 0 Å². The van der Waals surface area contributed by atoms with Crippen LogP contribution in [0, 0.1) is 0 Å². The fraction of sp³-hybridized carbons (Fsp3) is 0.0714. The predicted octanol–water partition coefficient (Wildman–Crippen LogP) is 5.54. The molecule has 0 saturated heterocycles. The van der Waals surface area contributed by atoms with E-state index in [1.54, 1.807) is 6.21 Å². The molecule has 0 aliphatic rings. The molecule has 4 nitrogen and oxygen atoms in total. The van der Waals surface area contributed by atoms with Gasteiger partial charge in [-0.1, -0.05) is 84.9 Å². The molecule has 4 aromatic carbocycles. The number of carbonyl (C=O) groups is 1. The van der Waals surface area contributed by atoms with Gasteiger partial charge in [0.1, 0.15) is 0 Å². The summed E-state index contributed by atoms with van der Waals surface area (Å²) in [5.74, 6) is -0.132. The van der Waals surface area contributed by atoms with Gasteiger partial charge in [0.25, 0.3) is 0 Å². The second kappa shape index (κ2) is 8.90. The van der Waals surface area contributed by atoms with Crippen molar-refractivity contribution in [3.05, 3.63) is 120 Å². The van der Waals surface area contributed by atoms with E-state index in [2.05, 4.69) is 75.9 Å². The van der Waals surface area contributed by atoms with Crippen molar-refractivity contribution in [1.29, 1.82) is 0 Å². The minimum Gasteiger partial charge on any atom is -0.342 e. The number of nitrogens with one attached hydrogen (secondary N) is 1. The predicted molar refractivity (Wildman–Crippen MR) is 131 cm³/mol. The third-order valence-corrected chi connectivity index (χ3v) is 5.59. The minimum absolute atomic E-state index is 0.132. The number of nitrogens with zero attached hydrogens (tertiary/aromatic N) is 2. The normalized spacial score (nSPS) is 11.4. The van der Waals surface area contributed by atoms with E-state index in [-0.39, 0.29) is 5.91 Å². The highest BCUT2D eigenvalue weighted by Gasteiger charge is 2.08. The van der Waals surface area contributed by atoms with Crippen molar-refractivity contribution in [2.45, 2.75) is 13.0 Å². The van der Waals surface area contributed by atoms with Crippen molar-refractivity contribution in [2.24, 2.45) is 5.10 Å². The first kappa shape index (κ1) is 19.8. The molecule has 1 aromatic heterocycles. The van der Waals surface area contributed by atoms with Gasteiger partial charge in [-0.15, -0.1) is 0 Å². The molecule has 0 saturated carbocycles. The quantitative estimate of drug-likeness (QED) is 0.286. The summed E-state index contributed by atoms with van der Waals surface area (Å²) < 4.78 is 2.23. The van der Waals surface area contributed by atoms with Crippen LogP contribution in [-0.4, -0.2) is 16.7 Å². The van der Waals surface area contributed by atoms with Gasteiger partial charge in [-0.25, -0.2) is 5.43 Å².